The van der Waals surface area contributed by atoms with Crippen molar-refractivity contribution in [3.63, 3.8) is 0 Å². The SMILES string of the molecule is O=C1CCC2=CN=CNN12. The Labute approximate surface area is 58.2 Å². The van der Waals surface area contributed by atoms with Gasteiger partial charge in [-0.1, -0.05) is 0 Å². The van der Waals surface area contributed by atoms with Crippen molar-refractivity contribution < 1.29 is 4.79 Å². The third-order valence-electron chi connectivity index (χ3n) is 1.62. The summed E-state index contributed by atoms with van der Waals surface area (Å²) in [7, 11) is 0. The van der Waals surface area contributed by atoms with Gasteiger partial charge in [-0.05, 0) is 0 Å². The van der Waals surface area contributed by atoms with Gasteiger partial charge in [0.25, 0.3) is 0 Å². The van der Waals surface area contributed by atoms with Crippen LogP contribution in [0.1, 0.15) is 12.8 Å². The topological polar surface area (TPSA) is 44.7 Å². The molecule has 2 heterocycles. The molecule has 0 spiro atoms. The van der Waals surface area contributed by atoms with Gasteiger partial charge in [0.05, 0.1) is 11.9 Å². The molecule has 0 aromatic carbocycles. The molecule has 2 aliphatic rings. The number of allylic oxidation sites excluding steroid dienone is 1. The molecule has 0 unspecified atom stereocenters. The molecule has 2 rings (SSSR count). The monoisotopic (exact) mass is 137 g/mol. The summed E-state index contributed by atoms with van der Waals surface area (Å²) in [5, 5.41) is 1.53. The highest BCUT2D eigenvalue weighted by Gasteiger charge is 2.25. The zero-order chi connectivity index (χ0) is 6.97. The van der Waals surface area contributed by atoms with Crippen LogP contribution in [0.15, 0.2) is 16.9 Å². The van der Waals surface area contributed by atoms with Crippen molar-refractivity contribution in [2.45, 2.75) is 12.8 Å². The standard InChI is InChI=1S/C6H7N3O/c10-6-2-1-5-3-7-4-8-9(5)6/h3-4H,1-2H2,(H,7,8). The first kappa shape index (κ1) is 5.46. The van der Waals surface area contributed by atoms with Gasteiger partial charge in [0.1, 0.15) is 6.34 Å². The van der Waals surface area contributed by atoms with Crippen LogP contribution in [0.3, 0.4) is 0 Å². The Bertz CT molecular complexity index is 231. The third-order valence-corrected chi connectivity index (χ3v) is 1.62. The number of hydrogen-bond donors (Lipinski definition) is 1. The molecule has 0 aliphatic carbocycles. The van der Waals surface area contributed by atoms with Gasteiger partial charge in [0.15, 0.2) is 0 Å². The van der Waals surface area contributed by atoms with Gasteiger partial charge < -0.3 is 0 Å². The Morgan fingerprint density at radius 3 is 3.30 bits per heavy atom. The summed E-state index contributed by atoms with van der Waals surface area (Å²) in [6, 6.07) is 0. The van der Waals surface area contributed by atoms with E-state index in [0.717, 1.165) is 12.1 Å². The molecule has 0 saturated carbocycles. The molecule has 1 N–H and O–H groups in total. The minimum Gasteiger partial charge on any atom is -0.281 e. The van der Waals surface area contributed by atoms with E-state index in [1.54, 1.807) is 6.20 Å². The normalized spacial score (nSPS) is 22.2. The van der Waals surface area contributed by atoms with E-state index < -0.39 is 0 Å². The van der Waals surface area contributed by atoms with E-state index >= 15 is 0 Å². The molecule has 0 aromatic heterocycles. The molecule has 1 amide bonds. The van der Waals surface area contributed by atoms with Crippen LogP contribution in [-0.2, 0) is 4.79 Å². The molecular weight excluding hydrogens is 130 g/mol. The Balaban J connectivity index is 2.31. The Morgan fingerprint density at radius 1 is 1.60 bits per heavy atom. The van der Waals surface area contributed by atoms with E-state index in [4.69, 9.17) is 0 Å². The first-order valence-electron chi connectivity index (χ1n) is 3.18. The smallest absolute Gasteiger partial charge is 0.245 e. The number of carbonyl (C=O) groups is 1. The number of carbonyl (C=O) groups excluding carboxylic acids is 1. The second kappa shape index (κ2) is 1.83. The number of hydrazine groups is 1. The molecule has 1 fully saturated rings. The van der Waals surface area contributed by atoms with Crippen molar-refractivity contribution >= 4 is 12.2 Å². The molecule has 2 aliphatic heterocycles. The lowest BCUT2D eigenvalue weighted by Gasteiger charge is -2.18. The zero-order valence-corrected chi connectivity index (χ0v) is 5.37. The quantitative estimate of drug-likeness (QED) is 0.510. The maximum Gasteiger partial charge on any atom is 0.245 e. The number of aliphatic imine (C=N–C) groups is 1. The molecule has 10 heavy (non-hydrogen) atoms. The van der Waals surface area contributed by atoms with E-state index in [1.165, 1.54) is 11.3 Å². The largest absolute Gasteiger partial charge is 0.281 e. The van der Waals surface area contributed by atoms with Crippen molar-refractivity contribution in [3.8, 4) is 0 Å². The van der Waals surface area contributed by atoms with Gasteiger partial charge >= 0.3 is 0 Å². The van der Waals surface area contributed by atoms with Crippen molar-refractivity contribution in [1.29, 1.82) is 0 Å². The second-order valence-electron chi connectivity index (χ2n) is 2.26. The fourth-order valence-corrected chi connectivity index (χ4v) is 1.11. The van der Waals surface area contributed by atoms with Crippen LogP contribution in [0.5, 0.6) is 0 Å². The lowest BCUT2D eigenvalue weighted by molar-refractivity contribution is -0.128. The fraction of sp³-hybridized carbons (Fsp3) is 0.333. The Hall–Kier alpha value is -1.32. The molecule has 0 bridgehead atoms. The lowest BCUT2D eigenvalue weighted by atomic mass is 10.3. The average Bonchev–Trinajstić information content (AvgIpc) is 2.34. The number of hydrogen-bond acceptors (Lipinski definition) is 3. The van der Waals surface area contributed by atoms with Gasteiger partial charge in [0.2, 0.25) is 5.91 Å². The Morgan fingerprint density at radius 2 is 2.50 bits per heavy atom. The molecule has 52 valence electrons. The van der Waals surface area contributed by atoms with Crippen molar-refractivity contribution in [2.24, 2.45) is 4.99 Å². The van der Waals surface area contributed by atoms with Crippen molar-refractivity contribution in [2.75, 3.05) is 0 Å². The number of rotatable bonds is 0. The highest BCUT2D eigenvalue weighted by molar-refractivity contribution is 5.83. The number of nitrogens with zero attached hydrogens (tertiary/aromatic N) is 2. The van der Waals surface area contributed by atoms with E-state index in [-0.39, 0.29) is 5.91 Å². The summed E-state index contributed by atoms with van der Waals surface area (Å²) in [5.74, 6) is 0.123. The van der Waals surface area contributed by atoms with E-state index in [1.807, 2.05) is 0 Å². The fourth-order valence-electron chi connectivity index (χ4n) is 1.11. The average molecular weight is 137 g/mol. The molecule has 0 aromatic rings. The van der Waals surface area contributed by atoms with Crippen LogP contribution in [0.25, 0.3) is 0 Å². The minimum absolute atomic E-state index is 0.123. The molecule has 4 heteroatoms. The molecule has 0 atom stereocenters. The summed E-state index contributed by atoms with van der Waals surface area (Å²) in [5.41, 5.74) is 3.72. The predicted molar refractivity (Wildman–Crippen MR) is 35.8 cm³/mol. The van der Waals surface area contributed by atoms with Gasteiger partial charge in [-0.3, -0.25) is 10.2 Å². The van der Waals surface area contributed by atoms with Gasteiger partial charge in [-0.25, -0.2) is 10.0 Å². The van der Waals surface area contributed by atoms with Crippen LogP contribution in [-0.4, -0.2) is 17.3 Å². The summed E-state index contributed by atoms with van der Waals surface area (Å²) in [4.78, 5) is 14.8. The number of fused-ring (bicyclic) bond motifs is 1. The van der Waals surface area contributed by atoms with Gasteiger partial charge in [0, 0.05) is 12.8 Å². The van der Waals surface area contributed by atoms with Crippen LogP contribution in [0.4, 0.5) is 0 Å². The number of amides is 1. The minimum atomic E-state index is 0.123. The van der Waals surface area contributed by atoms with Crippen LogP contribution in [0, 0.1) is 0 Å². The van der Waals surface area contributed by atoms with Gasteiger partial charge in [-0.2, -0.15) is 0 Å². The van der Waals surface area contributed by atoms with E-state index in [2.05, 4.69) is 10.4 Å². The molecule has 1 saturated heterocycles. The summed E-state index contributed by atoms with van der Waals surface area (Å²) < 4.78 is 0. The second-order valence-corrected chi connectivity index (χ2v) is 2.26. The highest BCUT2D eigenvalue weighted by Crippen LogP contribution is 2.20. The summed E-state index contributed by atoms with van der Waals surface area (Å²) in [6.45, 7) is 0. The molecule has 4 nitrogen and oxygen atoms in total. The Kier molecular flexibility index (Phi) is 1.00. The maximum absolute atomic E-state index is 11.0. The van der Waals surface area contributed by atoms with Gasteiger partial charge in [-0.15, -0.1) is 0 Å². The number of nitrogens with one attached hydrogen (secondary N) is 1. The third kappa shape index (κ3) is 0.618. The zero-order valence-electron chi connectivity index (χ0n) is 5.37. The first-order chi connectivity index (χ1) is 4.88. The first-order valence-corrected chi connectivity index (χ1v) is 3.18. The van der Waals surface area contributed by atoms with E-state index in [9.17, 15) is 4.79 Å². The maximum atomic E-state index is 11.0. The van der Waals surface area contributed by atoms with Crippen LogP contribution in [0.2, 0.25) is 0 Å². The summed E-state index contributed by atoms with van der Waals surface area (Å²) in [6.07, 6.45) is 4.62. The predicted octanol–water partition coefficient (Wildman–Crippen LogP) is -0.00330. The van der Waals surface area contributed by atoms with Crippen LogP contribution >= 0.6 is 0 Å². The summed E-state index contributed by atoms with van der Waals surface area (Å²) >= 11 is 0. The van der Waals surface area contributed by atoms with Crippen LogP contribution < -0.4 is 5.43 Å². The molecule has 0 radical (unpaired) electrons. The highest BCUT2D eigenvalue weighted by atomic mass is 16.2. The molecular formula is C6H7N3O. The van der Waals surface area contributed by atoms with Crippen molar-refractivity contribution in [1.82, 2.24) is 10.4 Å². The lowest BCUT2D eigenvalue weighted by Crippen LogP contribution is -2.38. The van der Waals surface area contributed by atoms with Crippen molar-refractivity contribution in [3.05, 3.63) is 11.9 Å². The van der Waals surface area contributed by atoms with E-state index in [0.29, 0.717) is 6.42 Å².